The highest BCUT2D eigenvalue weighted by atomic mass is 32.1. The fraction of sp³-hybridized carbons (Fsp3) is 0.350. The van der Waals surface area contributed by atoms with Crippen LogP contribution in [0.15, 0.2) is 35.8 Å². The van der Waals surface area contributed by atoms with Crippen molar-refractivity contribution < 1.29 is 39.5 Å². The number of ketones is 1. The van der Waals surface area contributed by atoms with Crippen LogP contribution in [-0.2, 0) is 9.47 Å². The third kappa shape index (κ3) is 3.65. The number of para-hydroxylation sites is 1. The van der Waals surface area contributed by atoms with Gasteiger partial charge in [-0.1, -0.05) is 18.2 Å². The molecule has 0 radical (unpaired) electrons. The van der Waals surface area contributed by atoms with Crippen LogP contribution in [0.5, 0.6) is 0 Å². The minimum absolute atomic E-state index is 0.0218. The molecule has 1 fully saturated rings. The number of aromatic nitrogens is 2. The molecule has 0 bridgehead atoms. The van der Waals surface area contributed by atoms with Gasteiger partial charge >= 0.3 is 5.97 Å². The molecule has 5 unspecified atom stereocenters. The largest absolute Gasteiger partial charge is 0.464 e. The Morgan fingerprint density at radius 2 is 1.94 bits per heavy atom. The van der Waals surface area contributed by atoms with Crippen molar-refractivity contribution in [3.05, 3.63) is 52.1 Å². The summed E-state index contributed by atoms with van der Waals surface area (Å²) in [5.74, 6) is -1.10. The number of aliphatic hydroxyl groups is 4. The number of thiazole rings is 1. The maximum Gasteiger partial charge on any atom is 0.357 e. The second kappa shape index (κ2) is 8.46. The molecular formula is C20H20N2O8S. The Morgan fingerprint density at radius 1 is 1.19 bits per heavy atom. The van der Waals surface area contributed by atoms with Gasteiger partial charge in [0.25, 0.3) is 0 Å². The van der Waals surface area contributed by atoms with Crippen molar-refractivity contribution in [2.45, 2.75) is 30.6 Å². The standard InChI is InChI=1S/C20H20N2O8S/c1-29-20(28)11-8-31-18(21-11)14(24)10-6-22(12-5-3-2-4-9(10)12)19-17(27)16(26)15(25)13(7-23)30-19/h2-6,8,13,15-17,19,23,25-27H,7H2,1H3. The number of fused-ring (bicyclic) bond motifs is 1. The lowest BCUT2D eigenvalue weighted by molar-refractivity contribution is -0.250. The molecule has 164 valence electrons. The number of aliphatic hydroxyl groups excluding tert-OH is 4. The number of hydrogen-bond donors (Lipinski definition) is 4. The van der Waals surface area contributed by atoms with Crippen molar-refractivity contribution in [2.24, 2.45) is 0 Å². The van der Waals surface area contributed by atoms with Crippen LogP contribution in [0.25, 0.3) is 10.9 Å². The maximum atomic E-state index is 13.1. The second-order valence-corrected chi connectivity index (χ2v) is 7.90. The average Bonchev–Trinajstić information content (AvgIpc) is 3.43. The van der Waals surface area contributed by atoms with E-state index in [1.165, 1.54) is 23.3 Å². The lowest BCUT2D eigenvalue weighted by atomic mass is 9.98. The van der Waals surface area contributed by atoms with Crippen molar-refractivity contribution in [2.75, 3.05) is 13.7 Å². The van der Waals surface area contributed by atoms with Crippen molar-refractivity contribution in [3.8, 4) is 0 Å². The molecule has 3 aromatic rings. The van der Waals surface area contributed by atoms with Gasteiger partial charge in [-0.05, 0) is 6.07 Å². The van der Waals surface area contributed by atoms with E-state index in [2.05, 4.69) is 9.72 Å². The first-order chi connectivity index (χ1) is 14.9. The zero-order chi connectivity index (χ0) is 22.3. The van der Waals surface area contributed by atoms with Gasteiger partial charge in [0.15, 0.2) is 16.9 Å². The summed E-state index contributed by atoms with van der Waals surface area (Å²) in [5, 5.41) is 42.2. The molecule has 0 spiro atoms. The van der Waals surface area contributed by atoms with E-state index in [0.717, 1.165) is 11.3 Å². The van der Waals surface area contributed by atoms with Gasteiger partial charge in [0.2, 0.25) is 5.78 Å². The zero-order valence-corrected chi connectivity index (χ0v) is 17.1. The highest BCUT2D eigenvalue weighted by Crippen LogP contribution is 2.34. The molecule has 5 atom stereocenters. The number of nitrogens with zero attached hydrogens (tertiary/aromatic N) is 2. The number of hydrogen-bond acceptors (Lipinski definition) is 10. The van der Waals surface area contributed by atoms with Crippen LogP contribution in [0.2, 0.25) is 0 Å². The predicted molar refractivity (Wildman–Crippen MR) is 108 cm³/mol. The number of ether oxygens (including phenoxy) is 2. The van der Waals surface area contributed by atoms with Crippen LogP contribution in [0.1, 0.15) is 32.1 Å². The van der Waals surface area contributed by atoms with Crippen molar-refractivity contribution in [1.29, 1.82) is 0 Å². The molecule has 0 aliphatic carbocycles. The van der Waals surface area contributed by atoms with Gasteiger partial charge in [-0.25, -0.2) is 9.78 Å². The average molecular weight is 448 g/mol. The summed E-state index contributed by atoms with van der Waals surface area (Å²) in [4.78, 5) is 28.9. The first kappa shape index (κ1) is 21.6. The number of carbonyl (C=O) groups excluding carboxylic acids is 2. The first-order valence-corrected chi connectivity index (χ1v) is 10.2. The summed E-state index contributed by atoms with van der Waals surface area (Å²) < 4.78 is 11.7. The maximum absolute atomic E-state index is 13.1. The minimum atomic E-state index is -1.56. The van der Waals surface area contributed by atoms with Crippen LogP contribution in [0.4, 0.5) is 0 Å². The molecule has 1 aromatic carbocycles. The van der Waals surface area contributed by atoms with Crippen molar-refractivity contribution in [3.63, 3.8) is 0 Å². The Hall–Kier alpha value is -2.67. The van der Waals surface area contributed by atoms with E-state index in [-0.39, 0.29) is 16.3 Å². The number of benzene rings is 1. The van der Waals surface area contributed by atoms with Gasteiger partial charge < -0.3 is 34.5 Å². The van der Waals surface area contributed by atoms with E-state index >= 15 is 0 Å². The number of carbonyl (C=O) groups is 2. The van der Waals surface area contributed by atoms with Gasteiger partial charge in [0.1, 0.15) is 24.4 Å². The normalized spacial score (nSPS) is 26.2. The Morgan fingerprint density at radius 3 is 2.65 bits per heavy atom. The predicted octanol–water partition coefficient (Wildman–Crippen LogP) is 0.0878. The molecule has 1 aliphatic rings. The molecule has 4 N–H and O–H groups in total. The Balaban J connectivity index is 1.77. The number of methoxy groups -OCH3 is 1. The van der Waals surface area contributed by atoms with Crippen LogP contribution >= 0.6 is 11.3 Å². The molecule has 10 nitrogen and oxygen atoms in total. The smallest absolute Gasteiger partial charge is 0.357 e. The number of rotatable bonds is 5. The molecule has 1 aliphatic heterocycles. The quantitative estimate of drug-likeness (QED) is 0.314. The third-order valence-electron chi connectivity index (χ3n) is 5.22. The summed E-state index contributed by atoms with van der Waals surface area (Å²) in [5.41, 5.74) is 0.798. The fourth-order valence-electron chi connectivity index (χ4n) is 3.60. The Labute approximate surface area is 179 Å². The SMILES string of the molecule is COC(=O)c1csc(C(=O)c2cn(C3OC(CO)C(O)C(O)C3O)c3ccccc23)n1. The molecule has 11 heteroatoms. The topological polar surface area (TPSA) is 151 Å². The summed E-state index contributed by atoms with van der Waals surface area (Å²) in [6.45, 7) is -0.568. The van der Waals surface area contributed by atoms with Gasteiger partial charge in [0, 0.05) is 17.0 Å². The molecule has 0 amide bonds. The molecule has 0 saturated carbocycles. The van der Waals surface area contributed by atoms with Crippen molar-refractivity contribution >= 4 is 34.0 Å². The molecule has 4 rings (SSSR count). The second-order valence-electron chi connectivity index (χ2n) is 7.05. The molecule has 3 heterocycles. The molecule has 31 heavy (non-hydrogen) atoms. The molecule has 2 aromatic heterocycles. The Bertz CT molecular complexity index is 1120. The lowest BCUT2D eigenvalue weighted by Gasteiger charge is -2.40. The Kier molecular flexibility index (Phi) is 5.88. The van der Waals surface area contributed by atoms with E-state index in [0.29, 0.717) is 10.9 Å². The zero-order valence-electron chi connectivity index (χ0n) is 16.3. The highest BCUT2D eigenvalue weighted by molar-refractivity contribution is 7.12. The van der Waals surface area contributed by atoms with Gasteiger partial charge in [-0.2, -0.15) is 0 Å². The van der Waals surface area contributed by atoms with Crippen molar-refractivity contribution in [1.82, 2.24) is 9.55 Å². The van der Waals surface area contributed by atoms with Crippen LogP contribution in [-0.4, -0.2) is 79.9 Å². The third-order valence-corrected chi connectivity index (χ3v) is 6.06. The van der Waals surface area contributed by atoms with E-state index in [9.17, 15) is 30.0 Å². The lowest BCUT2D eigenvalue weighted by Crippen LogP contribution is -2.56. The van der Waals surface area contributed by atoms with Crippen LogP contribution in [0, 0.1) is 0 Å². The first-order valence-electron chi connectivity index (χ1n) is 9.36. The highest BCUT2D eigenvalue weighted by Gasteiger charge is 2.44. The van der Waals surface area contributed by atoms with E-state index in [1.54, 1.807) is 24.3 Å². The van der Waals surface area contributed by atoms with E-state index in [1.807, 2.05) is 0 Å². The molecular weight excluding hydrogens is 428 g/mol. The summed E-state index contributed by atoms with van der Waals surface area (Å²) >= 11 is 0.997. The van der Waals surface area contributed by atoms with Gasteiger partial charge in [-0.15, -0.1) is 11.3 Å². The summed E-state index contributed by atoms with van der Waals surface area (Å²) in [6.07, 6.45) is -5.36. The monoisotopic (exact) mass is 448 g/mol. The van der Waals surface area contributed by atoms with Crippen LogP contribution in [0.3, 0.4) is 0 Å². The molecule has 1 saturated heterocycles. The van der Waals surface area contributed by atoms with E-state index in [4.69, 9.17) is 4.74 Å². The minimum Gasteiger partial charge on any atom is -0.464 e. The number of esters is 1. The van der Waals surface area contributed by atoms with Gasteiger partial charge in [0.05, 0.1) is 24.8 Å². The summed E-state index contributed by atoms with van der Waals surface area (Å²) in [6, 6.07) is 6.88. The van der Waals surface area contributed by atoms with Crippen LogP contribution < -0.4 is 0 Å². The fourth-order valence-corrected chi connectivity index (χ4v) is 4.34. The van der Waals surface area contributed by atoms with Gasteiger partial charge in [-0.3, -0.25) is 4.79 Å². The van der Waals surface area contributed by atoms with E-state index < -0.39 is 49.0 Å². The summed E-state index contributed by atoms with van der Waals surface area (Å²) in [7, 11) is 1.22.